The van der Waals surface area contributed by atoms with E-state index in [0.29, 0.717) is 0 Å². The summed E-state index contributed by atoms with van der Waals surface area (Å²) < 4.78 is 4.86. The van der Waals surface area contributed by atoms with Crippen molar-refractivity contribution in [3.63, 3.8) is 0 Å². The number of hydrogen-bond donors (Lipinski definition) is 0. The summed E-state index contributed by atoms with van der Waals surface area (Å²) in [6, 6.07) is 41.0. The third kappa shape index (κ3) is 2.74. The van der Waals surface area contributed by atoms with E-state index < -0.39 is 0 Å². The summed E-state index contributed by atoms with van der Waals surface area (Å²) in [5.74, 6) is 0. The van der Waals surface area contributed by atoms with Crippen LogP contribution in [0.3, 0.4) is 0 Å². The lowest BCUT2D eigenvalue weighted by Gasteiger charge is -2.15. The number of hydrogen-bond acceptors (Lipinski definition) is 2. The average Bonchev–Trinajstić information content (AvgIpc) is 3.55. The second-order valence-electron chi connectivity index (χ2n) is 10.3. The SMILES string of the molecule is c1ccc(-n2c3ccccc3c3c4cccnc4c4c5ccccc5n(-c5cccc6ccncc56)c4c32)cc1. The molecular formula is C36H22N4. The van der Waals surface area contributed by atoms with E-state index in [1.807, 2.05) is 18.6 Å². The molecular weight excluding hydrogens is 488 g/mol. The molecule has 0 spiro atoms. The van der Waals surface area contributed by atoms with Gasteiger partial charge in [-0.1, -0.05) is 72.8 Å². The number of para-hydroxylation sites is 3. The molecule has 0 aliphatic carbocycles. The molecule has 5 aromatic carbocycles. The third-order valence-electron chi connectivity index (χ3n) is 8.20. The van der Waals surface area contributed by atoms with Crippen LogP contribution in [0.4, 0.5) is 0 Å². The van der Waals surface area contributed by atoms with Crippen molar-refractivity contribution in [2.45, 2.75) is 0 Å². The Labute approximate surface area is 229 Å². The van der Waals surface area contributed by atoms with E-state index in [0.717, 1.165) is 38.7 Å². The largest absolute Gasteiger partial charge is 0.307 e. The van der Waals surface area contributed by atoms with Crippen molar-refractivity contribution in [2.75, 3.05) is 0 Å². The van der Waals surface area contributed by atoms with Gasteiger partial charge in [-0.05, 0) is 47.9 Å². The Morgan fingerprint density at radius 1 is 0.475 bits per heavy atom. The van der Waals surface area contributed by atoms with Gasteiger partial charge in [0.2, 0.25) is 0 Å². The molecule has 0 radical (unpaired) electrons. The summed E-state index contributed by atoms with van der Waals surface area (Å²) in [5, 5.41) is 8.24. The Bertz CT molecular complexity index is 2430. The Morgan fingerprint density at radius 3 is 2.02 bits per heavy atom. The van der Waals surface area contributed by atoms with Gasteiger partial charge in [-0.25, -0.2) is 0 Å². The molecule has 9 rings (SSSR count). The van der Waals surface area contributed by atoms with Crippen LogP contribution in [0.5, 0.6) is 0 Å². The minimum Gasteiger partial charge on any atom is -0.307 e. The Kier molecular flexibility index (Phi) is 4.30. The number of pyridine rings is 2. The van der Waals surface area contributed by atoms with Gasteiger partial charge < -0.3 is 9.13 Å². The standard InChI is InChI=1S/C36H22N4/c1-2-11-24(12-3-1)39-29-16-6-4-13-25(29)32-27-15-9-20-38-34(27)33-26-14-5-7-17-30(26)40(36(33)35(32)39)31-18-8-10-23-19-21-37-22-28(23)31/h1-22H. The molecule has 4 heterocycles. The fraction of sp³-hybridized carbons (Fsp3) is 0. The maximum absolute atomic E-state index is 5.03. The predicted molar refractivity (Wildman–Crippen MR) is 166 cm³/mol. The molecule has 0 bridgehead atoms. The molecule has 0 amide bonds. The van der Waals surface area contributed by atoms with Gasteiger partial charge >= 0.3 is 0 Å². The average molecular weight is 511 g/mol. The van der Waals surface area contributed by atoms with Gasteiger partial charge in [0.25, 0.3) is 0 Å². The van der Waals surface area contributed by atoms with Gasteiger partial charge in [0.1, 0.15) is 0 Å². The first-order chi connectivity index (χ1) is 19.9. The highest BCUT2D eigenvalue weighted by molar-refractivity contribution is 6.35. The number of nitrogens with zero attached hydrogens (tertiary/aromatic N) is 4. The molecule has 0 unspecified atom stereocenters. The van der Waals surface area contributed by atoms with E-state index in [1.54, 1.807) is 0 Å². The van der Waals surface area contributed by atoms with E-state index in [4.69, 9.17) is 4.98 Å². The van der Waals surface area contributed by atoms with Gasteiger partial charge in [-0.15, -0.1) is 0 Å². The van der Waals surface area contributed by atoms with Crippen molar-refractivity contribution in [3.8, 4) is 11.4 Å². The summed E-state index contributed by atoms with van der Waals surface area (Å²) in [6.45, 7) is 0. The zero-order chi connectivity index (χ0) is 26.2. The third-order valence-corrected chi connectivity index (χ3v) is 8.20. The molecule has 40 heavy (non-hydrogen) atoms. The van der Waals surface area contributed by atoms with Gasteiger partial charge in [-0.3, -0.25) is 9.97 Å². The summed E-state index contributed by atoms with van der Waals surface area (Å²) in [4.78, 5) is 9.56. The van der Waals surface area contributed by atoms with Crippen molar-refractivity contribution in [1.82, 2.24) is 19.1 Å². The second kappa shape index (κ2) is 8.01. The number of aromatic nitrogens is 4. The van der Waals surface area contributed by atoms with Gasteiger partial charge in [-0.2, -0.15) is 0 Å². The minimum atomic E-state index is 1.02. The molecule has 0 aliphatic heterocycles. The van der Waals surface area contributed by atoms with E-state index in [-0.39, 0.29) is 0 Å². The number of rotatable bonds is 2. The van der Waals surface area contributed by atoms with Crippen molar-refractivity contribution in [3.05, 3.63) is 134 Å². The first-order valence-electron chi connectivity index (χ1n) is 13.5. The van der Waals surface area contributed by atoms with E-state index in [1.165, 1.54) is 38.0 Å². The Morgan fingerprint density at radius 2 is 1.18 bits per heavy atom. The number of fused-ring (bicyclic) bond motifs is 11. The molecule has 0 aliphatic rings. The fourth-order valence-electron chi connectivity index (χ4n) is 6.63. The lowest BCUT2D eigenvalue weighted by Crippen LogP contribution is -2.00. The van der Waals surface area contributed by atoms with Gasteiger partial charge in [0.05, 0.1) is 33.3 Å². The highest BCUT2D eigenvalue weighted by Gasteiger charge is 2.25. The van der Waals surface area contributed by atoms with Crippen LogP contribution in [0.25, 0.3) is 76.7 Å². The monoisotopic (exact) mass is 510 g/mol. The summed E-state index contributed by atoms with van der Waals surface area (Å²) in [5.41, 5.74) is 7.93. The molecule has 0 atom stereocenters. The zero-order valence-corrected chi connectivity index (χ0v) is 21.5. The zero-order valence-electron chi connectivity index (χ0n) is 21.5. The van der Waals surface area contributed by atoms with Gasteiger partial charge in [0.15, 0.2) is 0 Å². The quantitative estimate of drug-likeness (QED) is 0.233. The maximum Gasteiger partial charge on any atom is 0.0811 e. The van der Waals surface area contributed by atoms with Gasteiger partial charge in [0, 0.05) is 56.6 Å². The summed E-state index contributed by atoms with van der Waals surface area (Å²) in [6.07, 6.45) is 5.76. The second-order valence-corrected chi connectivity index (χ2v) is 10.3. The maximum atomic E-state index is 5.03. The minimum absolute atomic E-state index is 1.02. The molecule has 4 heteroatoms. The van der Waals surface area contributed by atoms with Crippen LogP contribution in [0, 0.1) is 0 Å². The Hall–Kier alpha value is -5.48. The van der Waals surface area contributed by atoms with Crippen LogP contribution in [-0.2, 0) is 0 Å². The lowest BCUT2D eigenvalue weighted by atomic mass is 10.0. The highest BCUT2D eigenvalue weighted by atomic mass is 15.0. The van der Waals surface area contributed by atoms with Crippen molar-refractivity contribution in [1.29, 1.82) is 0 Å². The summed E-state index contributed by atoms with van der Waals surface area (Å²) in [7, 11) is 0. The molecule has 0 fully saturated rings. The van der Waals surface area contributed by atoms with E-state index in [9.17, 15) is 0 Å². The topological polar surface area (TPSA) is 35.6 Å². The van der Waals surface area contributed by atoms with Crippen LogP contribution < -0.4 is 0 Å². The predicted octanol–water partition coefficient (Wildman–Crippen LogP) is 8.98. The van der Waals surface area contributed by atoms with Crippen molar-refractivity contribution in [2.24, 2.45) is 0 Å². The first-order valence-corrected chi connectivity index (χ1v) is 13.5. The first kappa shape index (κ1) is 21.5. The highest BCUT2D eigenvalue weighted by Crippen LogP contribution is 2.46. The fourth-order valence-corrected chi connectivity index (χ4v) is 6.63. The Balaban J connectivity index is 1.67. The molecule has 4 nitrogen and oxygen atoms in total. The normalized spacial score (nSPS) is 12.0. The van der Waals surface area contributed by atoms with Crippen LogP contribution >= 0.6 is 0 Å². The van der Waals surface area contributed by atoms with Crippen LogP contribution in [0.1, 0.15) is 0 Å². The van der Waals surface area contributed by atoms with Crippen molar-refractivity contribution < 1.29 is 0 Å². The van der Waals surface area contributed by atoms with E-state index >= 15 is 0 Å². The molecule has 0 N–H and O–H groups in total. The molecule has 9 aromatic rings. The summed E-state index contributed by atoms with van der Waals surface area (Å²) >= 11 is 0. The molecule has 4 aromatic heterocycles. The van der Waals surface area contributed by atoms with E-state index in [2.05, 4.69) is 129 Å². The smallest absolute Gasteiger partial charge is 0.0811 e. The van der Waals surface area contributed by atoms with Crippen LogP contribution in [0.15, 0.2) is 134 Å². The van der Waals surface area contributed by atoms with Crippen LogP contribution in [-0.4, -0.2) is 19.1 Å². The molecule has 186 valence electrons. The lowest BCUT2D eigenvalue weighted by molar-refractivity contribution is 1.15. The van der Waals surface area contributed by atoms with Crippen LogP contribution in [0.2, 0.25) is 0 Å². The van der Waals surface area contributed by atoms with Crippen molar-refractivity contribution >= 4 is 65.3 Å². The molecule has 0 saturated carbocycles. The number of benzene rings is 5. The molecule has 0 saturated heterocycles.